The number of anilines is 1. The molecule has 9 heteroatoms. The third-order valence-electron chi connectivity index (χ3n) is 8.52. The molecular weight excluding hydrogens is 564 g/mol. The molecule has 43 heavy (non-hydrogen) atoms. The number of hydrogen-bond donors (Lipinski definition) is 1. The van der Waals surface area contributed by atoms with E-state index in [1.165, 1.54) is 0 Å². The molecule has 0 spiro atoms. The van der Waals surface area contributed by atoms with Gasteiger partial charge in [0.15, 0.2) is 0 Å². The van der Waals surface area contributed by atoms with Crippen LogP contribution in [0.4, 0.5) is 10.5 Å². The lowest BCUT2D eigenvalue weighted by Crippen LogP contribution is -2.47. The number of carboxylic acid groups (broad SMARTS) is 1. The highest BCUT2D eigenvalue weighted by molar-refractivity contribution is 7.15. The van der Waals surface area contributed by atoms with Gasteiger partial charge in [-0.3, -0.25) is 4.79 Å². The molecule has 0 unspecified atom stereocenters. The fraction of sp³-hybridized carbons (Fsp3) is 0.735. The van der Waals surface area contributed by atoms with E-state index in [0.29, 0.717) is 29.6 Å². The second kappa shape index (κ2) is 13.6. The summed E-state index contributed by atoms with van der Waals surface area (Å²) in [6.45, 7) is 15.0. The van der Waals surface area contributed by atoms with Crippen molar-refractivity contribution in [1.82, 2.24) is 4.90 Å². The van der Waals surface area contributed by atoms with Crippen LogP contribution in [0.1, 0.15) is 121 Å². The maximum atomic E-state index is 14.2. The molecule has 1 saturated heterocycles. The summed E-state index contributed by atoms with van der Waals surface area (Å²) in [7, 11) is 0. The van der Waals surface area contributed by atoms with Gasteiger partial charge in [0.1, 0.15) is 10.5 Å². The Morgan fingerprint density at radius 3 is 2.19 bits per heavy atom. The van der Waals surface area contributed by atoms with Crippen molar-refractivity contribution in [2.45, 2.75) is 130 Å². The Bertz CT molecular complexity index is 1220. The number of amides is 2. The first-order valence-electron chi connectivity index (χ1n) is 16.0. The second-order valence-corrected chi connectivity index (χ2v) is 15.8. The summed E-state index contributed by atoms with van der Waals surface area (Å²) in [5, 5.41) is 10.2. The molecule has 2 aliphatic carbocycles. The van der Waals surface area contributed by atoms with E-state index in [2.05, 4.69) is 18.8 Å². The second-order valence-electron chi connectivity index (χ2n) is 14.7. The first-order valence-corrected chi connectivity index (χ1v) is 16.8. The van der Waals surface area contributed by atoms with Gasteiger partial charge < -0.3 is 24.4 Å². The Hall–Kier alpha value is -2.57. The summed E-state index contributed by atoms with van der Waals surface area (Å²) in [6.07, 6.45) is 7.24. The smallest absolute Gasteiger partial charge is 0.410 e. The van der Waals surface area contributed by atoms with Crippen molar-refractivity contribution in [3.63, 3.8) is 0 Å². The minimum Gasteiger partial charge on any atom is -0.477 e. The van der Waals surface area contributed by atoms with Crippen molar-refractivity contribution in [3.8, 4) is 11.8 Å². The van der Waals surface area contributed by atoms with E-state index in [1.54, 1.807) is 4.90 Å². The molecule has 0 bridgehead atoms. The molecule has 1 atom stereocenters. The maximum absolute atomic E-state index is 14.2. The van der Waals surface area contributed by atoms with Gasteiger partial charge in [-0.05, 0) is 111 Å². The fourth-order valence-electron chi connectivity index (χ4n) is 6.27. The molecule has 238 valence electrons. The average Bonchev–Trinajstić information content (AvgIpc) is 3.55. The van der Waals surface area contributed by atoms with Gasteiger partial charge in [0.05, 0.1) is 29.3 Å². The van der Waals surface area contributed by atoms with Gasteiger partial charge in [0, 0.05) is 23.9 Å². The molecule has 0 radical (unpaired) electrons. The van der Waals surface area contributed by atoms with Crippen molar-refractivity contribution in [2.75, 3.05) is 18.0 Å². The SMILES string of the molecule is CC1CCC(C(=O)N(c2cc(C#CC(C)(C)C)sc2C(=O)O)C2CCC(O[C@@H]3CCN(C(=O)OC(C)(C)C)C3)CC2)CC1. The summed E-state index contributed by atoms with van der Waals surface area (Å²) in [6, 6.07) is 1.73. The number of aromatic carboxylic acids is 1. The topological polar surface area (TPSA) is 96.4 Å². The molecule has 8 nitrogen and oxygen atoms in total. The number of rotatable bonds is 6. The van der Waals surface area contributed by atoms with E-state index < -0.39 is 11.6 Å². The van der Waals surface area contributed by atoms with Crippen molar-refractivity contribution >= 4 is 35.0 Å². The van der Waals surface area contributed by atoms with Crippen LogP contribution in [0.3, 0.4) is 0 Å². The monoisotopic (exact) mass is 614 g/mol. The molecule has 0 aromatic carbocycles. The van der Waals surface area contributed by atoms with Gasteiger partial charge in [-0.1, -0.05) is 18.8 Å². The highest BCUT2D eigenvalue weighted by Gasteiger charge is 2.39. The van der Waals surface area contributed by atoms with Crippen molar-refractivity contribution in [2.24, 2.45) is 17.3 Å². The Labute approximate surface area is 261 Å². The van der Waals surface area contributed by atoms with Crippen LogP contribution in [0, 0.1) is 29.1 Å². The Morgan fingerprint density at radius 2 is 1.60 bits per heavy atom. The van der Waals surface area contributed by atoms with Crippen LogP contribution in [0.5, 0.6) is 0 Å². The lowest BCUT2D eigenvalue weighted by molar-refractivity contribution is -0.124. The van der Waals surface area contributed by atoms with Gasteiger partial charge in [-0.2, -0.15) is 0 Å². The highest BCUT2D eigenvalue weighted by atomic mass is 32.1. The van der Waals surface area contributed by atoms with E-state index in [0.717, 1.165) is 69.1 Å². The number of nitrogens with zero attached hydrogens (tertiary/aromatic N) is 2. The maximum Gasteiger partial charge on any atom is 0.410 e. The quantitative estimate of drug-likeness (QED) is 0.337. The highest BCUT2D eigenvalue weighted by Crippen LogP contribution is 2.39. The van der Waals surface area contributed by atoms with Crippen molar-refractivity contribution in [1.29, 1.82) is 0 Å². The zero-order valence-corrected chi connectivity index (χ0v) is 27.8. The largest absolute Gasteiger partial charge is 0.477 e. The summed E-state index contributed by atoms with van der Waals surface area (Å²) in [5.41, 5.74) is -0.257. The zero-order valence-electron chi connectivity index (χ0n) is 27.0. The minimum absolute atomic E-state index is 0.0320. The number of thiophene rings is 1. The molecular formula is C34H50N2O6S. The standard InChI is InChI=1S/C34H50N2O6S/c1-22-8-10-23(11-9-22)30(37)36(28-20-27(16-18-33(2,3)4)43-29(28)31(38)39)24-12-14-25(15-13-24)41-26-17-19-35(21-26)32(40)42-34(5,6)7/h20,22-26H,8-15,17,19,21H2,1-7H3,(H,38,39)/t22?,23?,24?,25?,26-/m1/s1. The van der Waals surface area contributed by atoms with E-state index in [4.69, 9.17) is 9.47 Å². The molecule has 1 N–H and O–H groups in total. The number of ether oxygens (including phenoxy) is 2. The van der Waals surface area contributed by atoms with Crippen LogP contribution in [0.2, 0.25) is 0 Å². The molecule has 3 aliphatic rings. The Morgan fingerprint density at radius 1 is 0.953 bits per heavy atom. The normalized spacial score (nSPS) is 26.4. The van der Waals surface area contributed by atoms with Gasteiger partial charge in [0.25, 0.3) is 0 Å². The van der Waals surface area contributed by atoms with Crippen LogP contribution in [-0.2, 0) is 14.3 Å². The number of hydrogen-bond acceptors (Lipinski definition) is 6. The summed E-state index contributed by atoms with van der Waals surface area (Å²) in [5.74, 6) is 5.93. The molecule has 2 amide bonds. The summed E-state index contributed by atoms with van der Waals surface area (Å²) in [4.78, 5) is 43.5. The minimum atomic E-state index is -1.02. The summed E-state index contributed by atoms with van der Waals surface area (Å²) >= 11 is 1.16. The number of carbonyl (C=O) groups is 3. The molecule has 4 rings (SSSR count). The third-order valence-corrected chi connectivity index (χ3v) is 9.55. The Kier molecular flexibility index (Phi) is 10.5. The molecule has 3 fully saturated rings. The van der Waals surface area contributed by atoms with Gasteiger partial charge in [-0.25, -0.2) is 9.59 Å². The van der Waals surface area contributed by atoms with Gasteiger partial charge in [-0.15, -0.1) is 11.3 Å². The third kappa shape index (κ3) is 9.21. The zero-order chi connectivity index (χ0) is 31.5. The van der Waals surface area contributed by atoms with E-state index >= 15 is 0 Å². The van der Waals surface area contributed by atoms with Crippen molar-refractivity contribution in [3.05, 3.63) is 15.8 Å². The lowest BCUT2D eigenvalue weighted by atomic mass is 9.81. The van der Waals surface area contributed by atoms with E-state index in [1.807, 2.05) is 52.5 Å². The van der Waals surface area contributed by atoms with Crippen LogP contribution in [0.25, 0.3) is 0 Å². The van der Waals surface area contributed by atoms with Crippen LogP contribution in [-0.4, -0.2) is 64.9 Å². The first kappa shape index (κ1) is 33.3. The lowest BCUT2D eigenvalue weighted by Gasteiger charge is -2.40. The van der Waals surface area contributed by atoms with E-state index in [-0.39, 0.29) is 46.5 Å². The van der Waals surface area contributed by atoms with E-state index in [9.17, 15) is 19.5 Å². The number of carboxylic acids is 1. The molecule has 1 aromatic rings. The first-order chi connectivity index (χ1) is 20.1. The molecule has 1 aromatic heterocycles. The van der Waals surface area contributed by atoms with Crippen molar-refractivity contribution < 1.29 is 29.0 Å². The number of carbonyl (C=O) groups excluding carboxylic acids is 2. The van der Waals surface area contributed by atoms with Gasteiger partial charge >= 0.3 is 12.1 Å². The molecule has 1 aliphatic heterocycles. The van der Waals surface area contributed by atoms with Crippen LogP contribution < -0.4 is 4.90 Å². The van der Waals surface area contributed by atoms with Crippen LogP contribution in [0.15, 0.2) is 6.07 Å². The number of likely N-dealkylation sites (tertiary alicyclic amines) is 1. The van der Waals surface area contributed by atoms with Gasteiger partial charge in [0.2, 0.25) is 5.91 Å². The Balaban J connectivity index is 1.48. The fourth-order valence-corrected chi connectivity index (χ4v) is 7.11. The summed E-state index contributed by atoms with van der Waals surface area (Å²) < 4.78 is 12.0. The molecule has 2 saturated carbocycles. The predicted octanol–water partition coefficient (Wildman–Crippen LogP) is 7.34. The molecule has 2 heterocycles. The predicted molar refractivity (Wildman–Crippen MR) is 170 cm³/mol. The average molecular weight is 615 g/mol. The van der Waals surface area contributed by atoms with Crippen LogP contribution >= 0.6 is 11.3 Å².